The second-order valence-corrected chi connectivity index (χ2v) is 9.71. The fourth-order valence-corrected chi connectivity index (χ4v) is 2.91. The molecule has 3 N–H and O–H groups in total. The van der Waals surface area contributed by atoms with Crippen LogP contribution in [0, 0.1) is 0 Å². The number of aliphatic hydroxyl groups excluding tert-OH is 1. The predicted molar refractivity (Wildman–Crippen MR) is 162 cm³/mol. The Bertz CT molecular complexity index is 544. The van der Waals surface area contributed by atoms with Crippen molar-refractivity contribution in [2.45, 2.75) is 85.4 Å². The first kappa shape index (κ1) is 45.9. The summed E-state index contributed by atoms with van der Waals surface area (Å²) in [6, 6.07) is 0. The Morgan fingerprint density at radius 3 is 1.19 bits per heavy atom. The van der Waals surface area contributed by atoms with Gasteiger partial charge in [-0.3, -0.25) is 9.11 Å². The zero-order valence-corrected chi connectivity index (χ0v) is 27.5. The second kappa shape index (κ2) is 40.5. The van der Waals surface area contributed by atoms with E-state index in [2.05, 4.69) is 13.8 Å². The SMILES string of the molecule is CCCCCCOCC(O)OCCOCCOCC.CCCCCCOCCOCCOCCOCC.O=S(=O)(O)O. The molecule has 0 aromatic carbocycles. The van der Waals surface area contributed by atoms with Crippen molar-refractivity contribution >= 4 is 10.4 Å². The van der Waals surface area contributed by atoms with Crippen LogP contribution in [-0.2, 0) is 48.3 Å². The van der Waals surface area contributed by atoms with Gasteiger partial charge in [0.15, 0.2) is 6.29 Å². The van der Waals surface area contributed by atoms with Crippen molar-refractivity contribution in [2.24, 2.45) is 0 Å². The molecular formula is C28H62O13S. The van der Waals surface area contributed by atoms with Gasteiger partial charge >= 0.3 is 10.4 Å². The molecule has 0 aliphatic carbocycles. The van der Waals surface area contributed by atoms with Gasteiger partial charge in [0.25, 0.3) is 0 Å². The van der Waals surface area contributed by atoms with Crippen LogP contribution in [0.5, 0.6) is 0 Å². The van der Waals surface area contributed by atoms with Crippen LogP contribution >= 0.6 is 0 Å². The zero-order valence-electron chi connectivity index (χ0n) is 26.7. The summed E-state index contributed by atoms with van der Waals surface area (Å²) in [6.07, 6.45) is 8.82. The molecule has 0 aromatic heterocycles. The molecule has 0 saturated heterocycles. The van der Waals surface area contributed by atoms with Crippen LogP contribution in [-0.4, -0.2) is 128 Å². The van der Waals surface area contributed by atoms with Gasteiger partial charge in [-0.25, -0.2) is 0 Å². The molecule has 0 spiro atoms. The molecular weight excluding hydrogens is 576 g/mol. The summed E-state index contributed by atoms with van der Waals surface area (Å²) in [5.41, 5.74) is 0. The van der Waals surface area contributed by atoms with Crippen molar-refractivity contribution < 1.29 is 60.5 Å². The Labute approximate surface area is 255 Å². The summed E-state index contributed by atoms with van der Waals surface area (Å²) in [4.78, 5) is 0. The molecule has 0 saturated carbocycles. The molecule has 1 atom stereocenters. The van der Waals surface area contributed by atoms with E-state index in [4.69, 9.17) is 55.4 Å². The number of aliphatic hydroxyl groups is 1. The van der Waals surface area contributed by atoms with E-state index >= 15 is 0 Å². The summed E-state index contributed by atoms with van der Waals surface area (Å²) in [5.74, 6) is 0. The van der Waals surface area contributed by atoms with Crippen molar-refractivity contribution in [1.29, 1.82) is 0 Å². The standard InChI is InChI=1S/C14H30O5.C14H30O4.H2O4S/c1-3-5-6-7-8-18-13-14(15)19-12-11-17-10-9-16-4-2;1-3-5-6-7-8-16-11-12-18-14-13-17-10-9-15-4-2;1-5(2,3)4/h14-15H,3-13H2,1-2H3;3-14H2,1-2H3;(H2,1,2,3,4). The molecule has 0 rings (SSSR count). The third-order valence-corrected chi connectivity index (χ3v) is 4.98. The fourth-order valence-electron chi connectivity index (χ4n) is 2.91. The van der Waals surface area contributed by atoms with E-state index in [0.717, 1.165) is 26.1 Å². The van der Waals surface area contributed by atoms with Gasteiger partial charge in [-0.2, -0.15) is 8.42 Å². The van der Waals surface area contributed by atoms with Gasteiger partial charge in [-0.05, 0) is 26.7 Å². The third kappa shape index (κ3) is 59.0. The van der Waals surface area contributed by atoms with Crippen molar-refractivity contribution in [3.05, 3.63) is 0 Å². The van der Waals surface area contributed by atoms with Crippen molar-refractivity contribution in [2.75, 3.05) is 99.1 Å². The molecule has 0 aliphatic rings. The Hall–Kier alpha value is -0.490. The minimum absolute atomic E-state index is 0.227. The van der Waals surface area contributed by atoms with Gasteiger partial charge in [0, 0.05) is 26.4 Å². The lowest BCUT2D eigenvalue weighted by molar-refractivity contribution is -0.146. The van der Waals surface area contributed by atoms with E-state index < -0.39 is 16.7 Å². The minimum atomic E-state index is -4.67. The maximum absolute atomic E-state index is 9.47. The highest BCUT2D eigenvalue weighted by Crippen LogP contribution is 2.00. The van der Waals surface area contributed by atoms with Gasteiger partial charge in [-0.1, -0.05) is 52.4 Å². The molecule has 14 heteroatoms. The Morgan fingerprint density at radius 1 is 0.476 bits per heavy atom. The Kier molecular flexibility index (Phi) is 44.3. The molecule has 42 heavy (non-hydrogen) atoms. The first-order valence-electron chi connectivity index (χ1n) is 15.3. The average Bonchev–Trinajstić information content (AvgIpc) is 2.94. The van der Waals surface area contributed by atoms with Gasteiger partial charge < -0.3 is 43.0 Å². The monoisotopic (exact) mass is 638 g/mol. The average molecular weight is 639 g/mol. The van der Waals surface area contributed by atoms with E-state index in [1.165, 1.54) is 38.5 Å². The van der Waals surface area contributed by atoms with Crippen molar-refractivity contribution in [3.8, 4) is 0 Å². The molecule has 0 heterocycles. The quantitative estimate of drug-likeness (QED) is 0.0587. The molecule has 0 bridgehead atoms. The smallest absolute Gasteiger partial charge is 0.379 e. The second-order valence-electron chi connectivity index (χ2n) is 8.81. The molecule has 0 aromatic rings. The fraction of sp³-hybridized carbons (Fsp3) is 1.00. The van der Waals surface area contributed by atoms with Gasteiger partial charge in [-0.15, -0.1) is 0 Å². The lowest BCUT2D eigenvalue weighted by atomic mass is 10.2. The van der Waals surface area contributed by atoms with E-state index in [-0.39, 0.29) is 6.61 Å². The molecule has 0 fully saturated rings. The van der Waals surface area contributed by atoms with Crippen LogP contribution in [0.25, 0.3) is 0 Å². The highest BCUT2D eigenvalue weighted by molar-refractivity contribution is 7.79. The number of unbranched alkanes of at least 4 members (excludes halogenated alkanes) is 6. The maximum Gasteiger partial charge on any atom is 0.394 e. The van der Waals surface area contributed by atoms with Crippen LogP contribution in [0.2, 0.25) is 0 Å². The van der Waals surface area contributed by atoms with Gasteiger partial charge in [0.05, 0.1) is 72.7 Å². The summed E-state index contributed by atoms with van der Waals surface area (Å²) >= 11 is 0. The molecule has 258 valence electrons. The van der Waals surface area contributed by atoms with E-state index in [1.54, 1.807) is 0 Å². The summed E-state index contributed by atoms with van der Waals surface area (Å²) in [6.45, 7) is 17.4. The largest absolute Gasteiger partial charge is 0.394 e. The van der Waals surface area contributed by atoms with Crippen LogP contribution in [0.4, 0.5) is 0 Å². The number of hydrogen-bond acceptors (Lipinski definition) is 11. The van der Waals surface area contributed by atoms with Crippen LogP contribution in [0.15, 0.2) is 0 Å². The van der Waals surface area contributed by atoms with Crippen molar-refractivity contribution in [3.63, 3.8) is 0 Å². The third-order valence-electron chi connectivity index (χ3n) is 4.98. The summed E-state index contributed by atoms with van der Waals surface area (Å²) in [5, 5.41) is 9.47. The molecule has 1 unspecified atom stereocenters. The zero-order chi connectivity index (χ0) is 32.0. The van der Waals surface area contributed by atoms with E-state index in [1.807, 2.05) is 13.8 Å². The Morgan fingerprint density at radius 2 is 0.810 bits per heavy atom. The topological polar surface area (TPSA) is 169 Å². The van der Waals surface area contributed by atoms with Gasteiger partial charge in [0.2, 0.25) is 0 Å². The highest BCUT2D eigenvalue weighted by atomic mass is 32.3. The molecule has 13 nitrogen and oxygen atoms in total. The maximum atomic E-state index is 9.47. The van der Waals surface area contributed by atoms with Crippen LogP contribution < -0.4 is 0 Å². The van der Waals surface area contributed by atoms with Gasteiger partial charge in [0.1, 0.15) is 0 Å². The molecule has 0 aliphatic heterocycles. The lowest BCUT2D eigenvalue weighted by Crippen LogP contribution is -2.22. The molecule has 0 amide bonds. The summed E-state index contributed by atoms with van der Waals surface area (Å²) in [7, 11) is -4.67. The van der Waals surface area contributed by atoms with E-state index in [9.17, 15) is 5.11 Å². The Balaban J connectivity index is -0.000000624. The number of hydrogen-bond donors (Lipinski definition) is 3. The first-order valence-corrected chi connectivity index (χ1v) is 16.7. The van der Waals surface area contributed by atoms with E-state index in [0.29, 0.717) is 79.3 Å². The van der Waals surface area contributed by atoms with Crippen LogP contribution in [0.3, 0.4) is 0 Å². The highest BCUT2D eigenvalue weighted by Gasteiger charge is 2.03. The number of rotatable bonds is 30. The van der Waals surface area contributed by atoms with Crippen molar-refractivity contribution in [1.82, 2.24) is 0 Å². The number of ether oxygens (including phenoxy) is 8. The lowest BCUT2D eigenvalue weighted by Gasteiger charge is -2.12. The normalized spacial score (nSPS) is 11.9. The van der Waals surface area contributed by atoms with Crippen LogP contribution in [0.1, 0.15) is 79.1 Å². The minimum Gasteiger partial charge on any atom is -0.379 e. The summed E-state index contributed by atoms with van der Waals surface area (Å²) < 4.78 is 73.7. The molecule has 0 radical (unpaired) electrons. The first-order chi connectivity index (χ1) is 20.2. The predicted octanol–water partition coefficient (Wildman–Crippen LogP) is 3.97.